The first-order chi connectivity index (χ1) is 8.49. The molecule has 0 saturated heterocycles. The Kier molecular flexibility index (Phi) is 3.76. The Morgan fingerprint density at radius 1 is 1.44 bits per heavy atom. The Hall–Kier alpha value is -1.29. The smallest absolute Gasteiger partial charge is 0.237 e. The lowest BCUT2D eigenvalue weighted by Gasteiger charge is -2.30. The van der Waals surface area contributed by atoms with E-state index in [0.29, 0.717) is 17.2 Å². The van der Waals surface area contributed by atoms with E-state index in [2.05, 4.69) is 13.8 Å². The first-order valence-corrected chi connectivity index (χ1v) is 7.05. The Balaban J connectivity index is 2.38. The Bertz CT molecular complexity index is 497. The molecule has 0 bridgehead atoms. The van der Waals surface area contributed by atoms with Crippen molar-refractivity contribution in [1.82, 2.24) is 0 Å². The summed E-state index contributed by atoms with van der Waals surface area (Å²) in [4.78, 5) is 26.2. The van der Waals surface area contributed by atoms with Gasteiger partial charge in [0.2, 0.25) is 5.91 Å². The van der Waals surface area contributed by atoms with Crippen molar-refractivity contribution < 1.29 is 9.59 Å². The van der Waals surface area contributed by atoms with Gasteiger partial charge in [-0.15, -0.1) is 11.8 Å². The third-order valence-corrected chi connectivity index (χ3v) is 3.89. The number of anilines is 1. The zero-order valence-corrected chi connectivity index (χ0v) is 11.7. The second-order valence-corrected chi connectivity index (χ2v) is 5.94. The van der Waals surface area contributed by atoms with Gasteiger partial charge in [-0.1, -0.05) is 13.8 Å². The van der Waals surface area contributed by atoms with Crippen molar-refractivity contribution in [2.45, 2.75) is 25.7 Å². The van der Waals surface area contributed by atoms with Gasteiger partial charge in [0.15, 0.2) is 5.78 Å². The average Bonchev–Trinajstić information content (AvgIpc) is 2.31. The highest BCUT2D eigenvalue weighted by Crippen LogP contribution is 2.36. The number of fused-ring (bicyclic) bond motifs is 1. The predicted octanol–water partition coefficient (Wildman–Crippen LogP) is 2.98. The SMILES string of the molecule is CC(=O)c1ccc2c(c1)SCC(=O)N2CC(C)C. The van der Waals surface area contributed by atoms with Crippen molar-refractivity contribution in [2.24, 2.45) is 5.92 Å². The number of carbonyl (C=O) groups excluding carboxylic acids is 2. The maximum atomic E-state index is 11.9. The molecule has 0 N–H and O–H groups in total. The molecule has 0 aromatic heterocycles. The molecule has 0 saturated carbocycles. The molecular weight excluding hydrogens is 246 g/mol. The predicted molar refractivity (Wildman–Crippen MR) is 74.4 cm³/mol. The molecule has 0 spiro atoms. The van der Waals surface area contributed by atoms with Gasteiger partial charge in [0, 0.05) is 17.0 Å². The monoisotopic (exact) mass is 263 g/mol. The Morgan fingerprint density at radius 3 is 2.78 bits per heavy atom. The summed E-state index contributed by atoms with van der Waals surface area (Å²) < 4.78 is 0. The highest BCUT2D eigenvalue weighted by molar-refractivity contribution is 8.00. The maximum Gasteiger partial charge on any atom is 0.237 e. The minimum atomic E-state index is 0.0608. The van der Waals surface area contributed by atoms with Crippen LogP contribution in [-0.4, -0.2) is 24.0 Å². The van der Waals surface area contributed by atoms with E-state index in [1.165, 1.54) is 11.8 Å². The van der Waals surface area contributed by atoms with Gasteiger partial charge in [-0.2, -0.15) is 0 Å². The number of benzene rings is 1. The minimum Gasteiger partial charge on any atom is -0.310 e. The van der Waals surface area contributed by atoms with Crippen molar-refractivity contribution in [3.8, 4) is 0 Å². The molecular formula is C14H17NO2S. The van der Waals surface area contributed by atoms with Crippen LogP contribution in [0.5, 0.6) is 0 Å². The number of thioether (sulfide) groups is 1. The molecule has 0 unspecified atom stereocenters. The van der Waals surface area contributed by atoms with E-state index < -0.39 is 0 Å². The van der Waals surface area contributed by atoms with Gasteiger partial charge in [0.05, 0.1) is 11.4 Å². The zero-order valence-electron chi connectivity index (χ0n) is 10.9. The first kappa shape index (κ1) is 13.1. The molecule has 0 fully saturated rings. The molecule has 1 aromatic rings. The largest absolute Gasteiger partial charge is 0.310 e. The van der Waals surface area contributed by atoms with Crippen molar-refractivity contribution >= 4 is 29.1 Å². The second-order valence-electron chi connectivity index (χ2n) is 4.93. The van der Waals surface area contributed by atoms with Crippen molar-refractivity contribution in [2.75, 3.05) is 17.2 Å². The van der Waals surface area contributed by atoms with Crippen LogP contribution in [-0.2, 0) is 4.79 Å². The van der Waals surface area contributed by atoms with Gasteiger partial charge < -0.3 is 4.90 Å². The van der Waals surface area contributed by atoms with Gasteiger partial charge in [0.25, 0.3) is 0 Å². The molecule has 0 atom stereocenters. The number of amides is 1. The summed E-state index contributed by atoms with van der Waals surface area (Å²) in [5, 5.41) is 0. The molecule has 1 amide bonds. The van der Waals surface area contributed by atoms with E-state index in [4.69, 9.17) is 0 Å². The zero-order chi connectivity index (χ0) is 13.3. The fourth-order valence-electron chi connectivity index (χ4n) is 1.99. The van der Waals surface area contributed by atoms with Gasteiger partial charge in [-0.25, -0.2) is 0 Å². The highest BCUT2D eigenvalue weighted by atomic mass is 32.2. The van der Waals surface area contributed by atoms with Gasteiger partial charge >= 0.3 is 0 Å². The van der Waals surface area contributed by atoms with E-state index in [0.717, 1.165) is 17.1 Å². The average molecular weight is 263 g/mol. The van der Waals surface area contributed by atoms with Gasteiger partial charge in [0.1, 0.15) is 0 Å². The highest BCUT2D eigenvalue weighted by Gasteiger charge is 2.25. The number of hydrogen-bond acceptors (Lipinski definition) is 3. The van der Waals surface area contributed by atoms with E-state index in [9.17, 15) is 9.59 Å². The normalized spacial score (nSPS) is 14.9. The fourth-order valence-corrected chi connectivity index (χ4v) is 2.96. The van der Waals surface area contributed by atoms with E-state index in [1.807, 2.05) is 17.0 Å². The Morgan fingerprint density at radius 2 is 2.17 bits per heavy atom. The lowest BCUT2D eigenvalue weighted by atomic mass is 10.1. The number of rotatable bonds is 3. The number of Topliss-reactive ketones (excluding diaryl/α,β-unsaturated/α-hetero) is 1. The summed E-state index contributed by atoms with van der Waals surface area (Å²) in [6, 6.07) is 5.58. The van der Waals surface area contributed by atoms with Crippen molar-refractivity contribution in [3.05, 3.63) is 23.8 Å². The molecule has 3 nitrogen and oxygen atoms in total. The summed E-state index contributed by atoms with van der Waals surface area (Å²) in [6.07, 6.45) is 0. The summed E-state index contributed by atoms with van der Waals surface area (Å²) in [5.74, 6) is 1.10. The Labute approximate surface area is 112 Å². The number of carbonyl (C=O) groups is 2. The standard InChI is InChI=1S/C14H17NO2S/c1-9(2)7-15-12-5-4-11(10(3)16)6-13(12)18-8-14(15)17/h4-6,9H,7-8H2,1-3H3. The summed E-state index contributed by atoms with van der Waals surface area (Å²) in [7, 11) is 0. The molecule has 1 aromatic carbocycles. The minimum absolute atomic E-state index is 0.0608. The molecule has 1 aliphatic rings. The summed E-state index contributed by atoms with van der Waals surface area (Å²) in [5.41, 5.74) is 1.65. The van der Waals surface area contributed by atoms with E-state index in [1.54, 1.807) is 13.0 Å². The maximum absolute atomic E-state index is 11.9. The van der Waals surface area contributed by atoms with Gasteiger partial charge in [-0.3, -0.25) is 9.59 Å². The quantitative estimate of drug-likeness (QED) is 0.787. The van der Waals surface area contributed by atoms with Crippen LogP contribution in [0, 0.1) is 5.92 Å². The van der Waals surface area contributed by atoms with Crippen LogP contribution in [0.25, 0.3) is 0 Å². The molecule has 0 radical (unpaired) electrons. The first-order valence-electron chi connectivity index (χ1n) is 6.07. The van der Waals surface area contributed by atoms with Crippen LogP contribution in [0.3, 0.4) is 0 Å². The molecule has 1 aliphatic heterocycles. The molecule has 0 aliphatic carbocycles. The topological polar surface area (TPSA) is 37.4 Å². The molecule has 2 rings (SSSR count). The lowest BCUT2D eigenvalue weighted by Crippen LogP contribution is -2.38. The lowest BCUT2D eigenvalue weighted by molar-refractivity contribution is -0.116. The van der Waals surface area contributed by atoms with Crippen LogP contribution in [0.1, 0.15) is 31.1 Å². The summed E-state index contributed by atoms with van der Waals surface area (Å²) in [6.45, 7) is 6.48. The molecule has 18 heavy (non-hydrogen) atoms. The van der Waals surface area contributed by atoms with Crippen molar-refractivity contribution in [3.63, 3.8) is 0 Å². The fraction of sp³-hybridized carbons (Fsp3) is 0.429. The third-order valence-electron chi connectivity index (χ3n) is 2.86. The number of ketones is 1. The molecule has 1 heterocycles. The van der Waals surface area contributed by atoms with Crippen molar-refractivity contribution in [1.29, 1.82) is 0 Å². The van der Waals surface area contributed by atoms with Crippen LogP contribution >= 0.6 is 11.8 Å². The van der Waals surface area contributed by atoms with E-state index >= 15 is 0 Å². The van der Waals surface area contributed by atoms with Crippen LogP contribution in [0.15, 0.2) is 23.1 Å². The second kappa shape index (κ2) is 5.14. The molecule has 4 heteroatoms. The number of nitrogens with zero attached hydrogens (tertiary/aromatic N) is 1. The number of hydrogen-bond donors (Lipinski definition) is 0. The summed E-state index contributed by atoms with van der Waals surface area (Å²) >= 11 is 1.52. The third kappa shape index (κ3) is 2.58. The molecule has 96 valence electrons. The van der Waals surface area contributed by atoms with Crippen LogP contribution in [0.2, 0.25) is 0 Å². The van der Waals surface area contributed by atoms with Crippen LogP contribution < -0.4 is 4.90 Å². The van der Waals surface area contributed by atoms with Crippen LogP contribution in [0.4, 0.5) is 5.69 Å². The van der Waals surface area contributed by atoms with Gasteiger partial charge in [-0.05, 0) is 31.0 Å². The van der Waals surface area contributed by atoms with E-state index in [-0.39, 0.29) is 11.7 Å².